The maximum atomic E-state index is 13.3. The van der Waals surface area contributed by atoms with Crippen LogP contribution in [0.15, 0.2) is 23.2 Å². The van der Waals surface area contributed by atoms with Gasteiger partial charge in [0.2, 0.25) is 0 Å². The number of methoxy groups -OCH3 is 2. The molecule has 0 heterocycles. The summed E-state index contributed by atoms with van der Waals surface area (Å²) in [5.74, 6) is 0. The highest BCUT2D eigenvalue weighted by Crippen LogP contribution is 2.38. The second-order valence-electron chi connectivity index (χ2n) is 4.56. The van der Waals surface area contributed by atoms with Gasteiger partial charge in [-0.05, 0) is 18.2 Å². The summed E-state index contributed by atoms with van der Waals surface area (Å²) in [4.78, 5) is 5.22. The lowest BCUT2D eigenvalue weighted by molar-refractivity contribution is -0.137. The molecule has 0 radical (unpaired) electrons. The Labute approximate surface area is 132 Å². The van der Waals surface area contributed by atoms with Crippen molar-refractivity contribution in [3.05, 3.63) is 23.8 Å². The van der Waals surface area contributed by atoms with Gasteiger partial charge < -0.3 is 14.4 Å². The molecule has 0 amide bonds. The molecule has 1 rings (SSSR count). The first-order chi connectivity index (χ1) is 10.9. The zero-order valence-corrected chi connectivity index (χ0v) is 12.9. The first kappa shape index (κ1) is 19.2. The van der Waals surface area contributed by atoms with Gasteiger partial charge >= 0.3 is 6.18 Å². The van der Waals surface area contributed by atoms with Crippen LogP contribution in [0, 0.1) is 0 Å². The van der Waals surface area contributed by atoms with Gasteiger partial charge in [-0.3, -0.25) is 10.7 Å². The largest absolute Gasteiger partial charge is 0.418 e. The standard InChI is InChI=1S/C14H20F3N3O3/c1-22-7-5-20(6-8-23-2)13-4-3-11(18-10-19-21)9-12(13)14(15,16)17/h3-4,9-10,21H,5-8H2,1-2H3,(H,18,19). The van der Waals surface area contributed by atoms with Crippen molar-refractivity contribution in [1.82, 2.24) is 5.48 Å². The van der Waals surface area contributed by atoms with Gasteiger partial charge in [-0.1, -0.05) is 0 Å². The molecule has 0 saturated carbocycles. The first-order valence-electron chi connectivity index (χ1n) is 6.80. The van der Waals surface area contributed by atoms with E-state index in [1.165, 1.54) is 26.4 Å². The Kier molecular flexibility index (Phi) is 7.79. The van der Waals surface area contributed by atoms with E-state index in [2.05, 4.69) is 4.99 Å². The molecule has 2 N–H and O–H groups in total. The predicted molar refractivity (Wildman–Crippen MR) is 80.5 cm³/mol. The predicted octanol–water partition coefficient (Wildman–Crippen LogP) is 2.44. The van der Waals surface area contributed by atoms with E-state index in [9.17, 15) is 13.2 Å². The SMILES string of the molecule is COCCN(CCOC)c1ccc(N=CNO)cc1C(F)(F)F. The maximum Gasteiger partial charge on any atom is 0.418 e. The highest BCUT2D eigenvalue weighted by Gasteiger charge is 2.35. The average molecular weight is 335 g/mol. The Bertz CT molecular complexity index is 502. The Morgan fingerprint density at radius 3 is 2.30 bits per heavy atom. The molecular weight excluding hydrogens is 315 g/mol. The highest BCUT2D eigenvalue weighted by molar-refractivity contribution is 5.65. The number of aliphatic imine (C=N–C) groups is 1. The van der Waals surface area contributed by atoms with Crippen LogP contribution in [0.5, 0.6) is 0 Å². The summed E-state index contributed by atoms with van der Waals surface area (Å²) in [6, 6.07) is 3.71. The van der Waals surface area contributed by atoms with Gasteiger partial charge in [0.15, 0.2) is 0 Å². The number of hydrogen-bond donors (Lipinski definition) is 2. The Morgan fingerprint density at radius 1 is 1.22 bits per heavy atom. The number of alkyl halides is 3. The minimum atomic E-state index is -4.54. The van der Waals surface area contributed by atoms with E-state index in [1.807, 2.05) is 0 Å². The van der Waals surface area contributed by atoms with E-state index in [1.54, 1.807) is 10.4 Å². The number of nitrogens with one attached hydrogen (secondary N) is 1. The molecule has 130 valence electrons. The van der Waals surface area contributed by atoms with Gasteiger partial charge in [-0.25, -0.2) is 4.99 Å². The van der Waals surface area contributed by atoms with E-state index in [0.717, 1.165) is 12.4 Å². The fourth-order valence-electron chi connectivity index (χ4n) is 1.97. The van der Waals surface area contributed by atoms with Crippen LogP contribution >= 0.6 is 0 Å². The van der Waals surface area contributed by atoms with Crippen molar-refractivity contribution in [2.75, 3.05) is 45.4 Å². The second-order valence-corrected chi connectivity index (χ2v) is 4.56. The van der Waals surface area contributed by atoms with Crippen molar-refractivity contribution < 1.29 is 27.9 Å². The monoisotopic (exact) mass is 335 g/mol. The third-order valence-corrected chi connectivity index (χ3v) is 3.03. The molecular formula is C14H20F3N3O3. The van der Waals surface area contributed by atoms with Gasteiger partial charge in [0.25, 0.3) is 0 Å². The number of anilines is 1. The molecule has 0 aliphatic heterocycles. The number of hydroxylamine groups is 1. The molecule has 0 bridgehead atoms. The van der Waals surface area contributed by atoms with Crippen molar-refractivity contribution in [3.8, 4) is 0 Å². The van der Waals surface area contributed by atoms with E-state index < -0.39 is 11.7 Å². The van der Waals surface area contributed by atoms with Crippen LogP contribution in [0.1, 0.15) is 5.56 Å². The lowest BCUT2D eigenvalue weighted by Crippen LogP contribution is -2.32. The van der Waals surface area contributed by atoms with Crippen molar-refractivity contribution in [1.29, 1.82) is 0 Å². The van der Waals surface area contributed by atoms with Crippen molar-refractivity contribution >= 4 is 17.7 Å². The zero-order chi connectivity index (χ0) is 17.3. The molecule has 1 aromatic carbocycles. The summed E-state index contributed by atoms with van der Waals surface area (Å²) in [5.41, 5.74) is 0.944. The van der Waals surface area contributed by atoms with Gasteiger partial charge in [0.1, 0.15) is 6.34 Å². The van der Waals surface area contributed by atoms with Crippen LogP contribution in [0.3, 0.4) is 0 Å². The molecule has 0 spiro atoms. The maximum absolute atomic E-state index is 13.3. The minimum Gasteiger partial charge on any atom is -0.383 e. The second kappa shape index (κ2) is 9.33. The molecule has 0 aromatic heterocycles. The van der Waals surface area contributed by atoms with Crippen LogP contribution in [0.25, 0.3) is 0 Å². The van der Waals surface area contributed by atoms with Crippen LogP contribution in [0.4, 0.5) is 24.5 Å². The number of halogens is 3. The molecule has 6 nitrogen and oxygen atoms in total. The molecule has 9 heteroatoms. The summed E-state index contributed by atoms with van der Waals surface area (Å²) in [6.45, 7) is 1.16. The Morgan fingerprint density at radius 2 is 1.83 bits per heavy atom. The van der Waals surface area contributed by atoms with E-state index in [0.29, 0.717) is 13.1 Å². The molecule has 0 fully saturated rings. The number of nitrogens with zero attached hydrogens (tertiary/aromatic N) is 2. The third-order valence-electron chi connectivity index (χ3n) is 3.03. The van der Waals surface area contributed by atoms with Crippen molar-refractivity contribution in [3.63, 3.8) is 0 Å². The number of rotatable bonds is 9. The van der Waals surface area contributed by atoms with E-state index in [4.69, 9.17) is 14.7 Å². The molecule has 0 aliphatic carbocycles. The van der Waals surface area contributed by atoms with Crippen LogP contribution in [-0.2, 0) is 15.7 Å². The smallest absolute Gasteiger partial charge is 0.383 e. The molecule has 0 saturated heterocycles. The summed E-state index contributed by atoms with van der Waals surface area (Å²) < 4.78 is 50.0. The van der Waals surface area contributed by atoms with Crippen molar-refractivity contribution in [2.24, 2.45) is 4.99 Å². The average Bonchev–Trinajstić information content (AvgIpc) is 2.52. The molecule has 0 aliphatic rings. The van der Waals surface area contributed by atoms with Crippen LogP contribution in [-0.4, -0.2) is 52.1 Å². The lowest BCUT2D eigenvalue weighted by atomic mass is 10.1. The lowest BCUT2D eigenvalue weighted by Gasteiger charge is -2.27. The van der Waals surface area contributed by atoms with Gasteiger partial charge in [-0.15, -0.1) is 0 Å². The Hall–Kier alpha value is -1.84. The summed E-state index contributed by atoms with van der Waals surface area (Å²) >= 11 is 0. The molecule has 1 aromatic rings. The summed E-state index contributed by atoms with van der Waals surface area (Å²) in [5, 5.41) is 8.44. The third kappa shape index (κ3) is 6.05. The van der Waals surface area contributed by atoms with Gasteiger partial charge in [0.05, 0.1) is 24.5 Å². The topological polar surface area (TPSA) is 66.3 Å². The van der Waals surface area contributed by atoms with Crippen LogP contribution < -0.4 is 10.4 Å². The van der Waals surface area contributed by atoms with E-state index in [-0.39, 0.29) is 24.6 Å². The Balaban J connectivity index is 3.20. The fourth-order valence-corrected chi connectivity index (χ4v) is 1.97. The molecule has 23 heavy (non-hydrogen) atoms. The quantitative estimate of drug-likeness (QED) is 0.412. The summed E-state index contributed by atoms with van der Waals surface area (Å²) in [6.07, 6.45) is -3.64. The van der Waals surface area contributed by atoms with Crippen molar-refractivity contribution in [2.45, 2.75) is 6.18 Å². The minimum absolute atomic E-state index is 0.0301. The number of ether oxygens (including phenoxy) is 2. The van der Waals surface area contributed by atoms with Gasteiger partial charge in [-0.2, -0.15) is 13.2 Å². The fraction of sp³-hybridized carbons (Fsp3) is 0.500. The molecule has 0 unspecified atom stereocenters. The number of hydrogen-bond acceptors (Lipinski definition) is 5. The normalized spacial score (nSPS) is 11.9. The zero-order valence-electron chi connectivity index (χ0n) is 12.9. The van der Waals surface area contributed by atoms with Gasteiger partial charge in [0, 0.05) is 33.0 Å². The van der Waals surface area contributed by atoms with E-state index >= 15 is 0 Å². The van der Waals surface area contributed by atoms with Crippen LogP contribution in [0.2, 0.25) is 0 Å². The summed E-state index contributed by atoms with van der Waals surface area (Å²) in [7, 11) is 2.97. The molecule has 0 atom stereocenters. The number of benzene rings is 1. The highest BCUT2D eigenvalue weighted by atomic mass is 19.4. The first-order valence-corrected chi connectivity index (χ1v) is 6.80.